The highest BCUT2D eigenvalue weighted by atomic mass is 35.5. The molecule has 3 rings (SSSR count). The van der Waals surface area contributed by atoms with Crippen molar-refractivity contribution in [3.63, 3.8) is 0 Å². The molecule has 1 aliphatic heterocycles. The van der Waals surface area contributed by atoms with E-state index in [4.69, 9.17) is 11.6 Å². The zero-order chi connectivity index (χ0) is 16.6. The first-order valence-electron chi connectivity index (χ1n) is 6.96. The number of hydrogen-bond acceptors (Lipinski definition) is 4. The molecule has 0 saturated carbocycles. The fourth-order valence-corrected chi connectivity index (χ4v) is 3.43. The summed E-state index contributed by atoms with van der Waals surface area (Å²) in [4.78, 5) is 28.4. The lowest BCUT2D eigenvalue weighted by Gasteiger charge is -2.08. The van der Waals surface area contributed by atoms with Gasteiger partial charge in [-0.2, -0.15) is 0 Å². The van der Waals surface area contributed by atoms with E-state index in [0.29, 0.717) is 21.9 Å². The molecule has 2 aromatic rings. The van der Waals surface area contributed by atoms with E-state index in [1.807, 2.05) is 6.92 Å². The van der Waals surface area contributed by atoms with Crippen molar-refractivity contribution in [2.45, 2.75) is 25.4 Å². The van der Waals surface area contributed by atoms with Crippen LogP contribution in [0.2, 0.25) is 5.02 Å². The third kappa shape index (κ3) is 3.51. The SMILES string of the molecule is C[C@H]1C[C@H](NC(=O)c2cnc(-c3cc(F)cc(Cl)c3)s2)C(=O)N1. The number of thiazole rings is 1. The number of aromatic nitrogens is 1. The Morgan fingerprint density at radius 2 is 2.26 bits per heavy atom. The molecule has 8 heteroatoms. The molecule has 0 radical (unpaired) electrons. The fourth-order valence-electron chi connectivity index (χ4n) is 2.41. The second-order valence-corrected chi connectivity index (χ2v) is 6.83. The van der Waals surface area contributed by atoms with Gasteiger partial charge in [-0.05, 0) is 31.5 Å². The molecule has 2 atom stereocenters. The molecule has 0 bridgehead atoms. The van der Waals surface area contributed by atoms with Crippen LogP contribution >= 0.6 is 22.9 Å². The highest BCUT2D eigenvalue weighted by Crippen LogP contribution is 2.28. The highest BCUT2D eigenvalue weighted by Gasteiger charge is 2.31. The number of halogens is 2. The van der Waals surface area contributed by atoms with Gasteiger partial charge in [0.05, 0.1) is 6.20 Å². The van der Waals surface area contributed by atoms with E-state index < -0.39 is 11.9 Å². The Labute approximate surface area is 140 Å². The van der Waals surface area contributed by atoms with Crippen molar-refractivity contribution in [2.75, 3.05) is 0 Å². The van der Waals surface area contributed by atoms with Gasteiger partial charge >= 0.3 is 0 Å². The molecule has 1 aromatic carbocycles. The van der Waals surface area contributed by atoms with Crippen LogP contribution < -0.4 is 10.6 Å². The van der Waals surface area contributed by atoms with Crippen LogP contribution in [0.5, 0.6) is 0 Å². The average molecular weight is 354 g/mol. The van der Waals surface area contributed by atoms with Gasteiger partial charge in [-0.15, -0.1) is 11.3 Å². The number of carbonyl (C=O) groups is 2. The Balaban J connectivity index is 1.76. The number of benzene rings is 1. The van der Waals surface area contributed by atoms with Crippen LogP contribution in [-0.4, -0.2) is 28.9 Å². The summed E-state index contributed by atoms with van der Waals surface area (Å²) in [7, 11) is 0. The van der Waals surface area contributed by atoms with Gasteiger partial charge in [-0.3, -0.25) is 9.59 Å². The first-order chi connectivity index (χ1) is 10.9. The van der Waals surface area contributed by atoms with Gasteiger partial charge in [0.15, 0.2) is 0 Å². The monoisotopic (exact) mass is 353 g/mol. The number of hydrogen-bond donors (Lipinski definition) is 2. The standard InChI is InChI=1S/C15H13ClFN3O2S/c1-7-2-11(13(21)19-7)20-14(22)12-6-18-15(23-12)8-3-9(16)5-10(17)4-8/h3-7,11H,2H2,1H3,(H,19,21)(H,20,22)/t7-,11-/m0/s1. The van der Waals surface area contributed by atoms with Crippen molar-refractivity contribution in [3.05, 3.63) is 40.1 Å². The lowest BCUT2D eigenvalue weighted by molar-refractivity contribution is -0.120. The molecular weight excluding hydrogens is 341 g/mol. The molecule has 1 aliphatic rings. The Kier molecular flexibility index (Phi) is 4.32. The number of nitrogens with zero attached hydrogens (tertiary/aromatic N) is 1. The van der Waals surface area contributed by atoms with Crippen LogP contribution in [0.3, 0.4) is 0 Å². The van der Waals surface area contributed by atoms with Crippen molar-refractivity contribution < 1.29 is 14.0 Å². The summed E-state index contributed by atoms with van der Waals surface area (Å²) >= 11 is 6.94. The van der Waals surface area contributed by atoms with E-state index in [1.54, 1.807) is 6.07 Å². The zero-order valence-electron chi connectivity index (χ0n) is 12.1. The van der Waals surface area contributed by atoms with E-state index in [-0.39, 0.29) is 22.9 Å². The smallest absolute Gasteiger partial charge is 0.263 e. The molecule has 2 amide bonds. The van der Waals surface area contributed by atoms with E-state index in [0.717, 1.165) is 11.3 Å². The molecule has 2 heterocycles. The van der Waals surface area contributed by atoms with Gasteiger partial charge in [-0.1, -0.05) is 11.6 Å². The highest BCUT2D eigenvalue weighted by molar-refractivity contribution is 7.16. The molecule has 1 fully saturated rings. The average Bonchev–Trinajstić information content (AvgIpc) is 3.05. The molecule has 1 saturated heterocycles. The number of nitrogens with one attached hydrogen (secondary N) is 2. The molecular formula is C15H13ClFN3O2S. The molecule has 120 valence electrons. The second kappa shape index (κ2) is 6.25. The summed E-state index contributed by atoms with van der Waals surface area (Å²) in [6.45, 7) is 1.88. The van der Waals surface area contributed by atoms with E-state index >= 15 is 0 Å². The minimum Gasteiger partial charge on any atom is -0.352 e. The fraction of sp³-hybridized carbons (Fsp3) is 0.267. The number of carbonyl (C=O) groups excluding carboxylic acids is 2. The topological polar surface area (TPSA) is 71.1 Å². The largest absolute Gasteiger partial charge is 0.352 e. The van der Waals surface area contributed by atoms with Crippen molar-refractivity contribution in [2.24, 2.45) is 0 Å². The minimum absolute atomic E-state index is 0.0410. The van der Waals surface area contributed by atoms with Gasteiger partial charge < -0.3 is 10.6 Å². The predicted molar refractivity (Wildman–Crippen MR) is 86.0 cm³/mol. The maximum Gasteiger partial charge on any atom is 0.263 e. The van der Waals surface area contributed by atoms with Crippen molar-refractivity contribution in [1.82, 2.24) is 15.6 Å². The van der Waals surface area contributed by atoms with Gasteiger partial charge in [0, 0.05) is 16.6 Å². The van der Waals surface area contributed by atoms with E-state index in [9.17, 15) is 14.0 Å². The van der Waals surface area contributed by atoms with Crippen LogP contribution in [0.15, 0.2) is 24.4 Å². The molecule has 0 spiro atoms. The normalized spacial score (nSPS) is 20.4. The molecule has 23 heavy (non-hydrogen) atoms. The summed E-state index contributed by atoms with van der Waals surface area (Å²) in [5.41, 5.74) is 0.506. The maximum absolute atomic E-state index is 13.4. The molecule has 2 N–H and O–H groups in total. The van der Waals surface area contributed by atoms with E-state index in [1.165, 1.54) is 18.3 Å². The van der Waals surface area contributed by atoms with Crippen molar-refractivity contribution in [3.8, 4) is 10.6 Å². The Morgan fingerprint density at radius 3 is 2.91 bits per heavy atom. The molecule has 5 nitrogen and oxygen atoms in total. The van der Waals surface area contributed by atoms with Crippen LogP contribution in [0.4, 0.5) is 4.39 Å². The molecule has 1 aromatic heterocycles. The Bertz CT molecular complexity index is 760. The summed E-state index contributed by atoms with van der Waals surface area (Å²) < 4.78 is 13.4. The van der Waals surface area contributed by atoms with Crippen LogP contribution in [0.1, 0.15) is 23.0 Å². The first-order valence-corrected chi connectivity index (χ1v) is 8.15. The summed E-state index contributed by atoms with van der Waals surface area (Å²) in [6, 6.07) is 3.59. The van der Waals surface area contributed by atoms with Gasteiger partial charge in [0.1, 0.15) is 21.7 Å². The summed E-state index contributed by atoms with van der Waals surface area (Å²) in [5.74, 6) is -1.02. The molecule has 0 aliphatic carbocycles. The van der Waals surface area contributed by atoms with Gasteiger partial charge in [0.25, 0.3) is 5.91 Å². The Hall–Kier alpha value is -1.99. The first kappa shape index (κ1) is 15.9. The van der Waals surface area contributed by atoms with Crippen molar-refractivity contribution >= 4 is 34.8 Å². The van der Waals surface area contributed by atoms with Crippen molar-refractivity contribution in [1.29, 1.82) is 0 Å². The van der Waals surface area contributed by atoms with Crippen LogP contribution in [0.25, 0.3) is 10.6 Å². The van der Waals surface area contributed by atoms with Crippen LogP contribution in [-0.2, 0) is 4.79 Å². The number of amides is 2. The van der Waals surface area contributed by atoms with Crippen LogP contribution in [0, 0.1) is 5.82 Å². The summed E-state index contributed by atoms with van der Waals surface area (Å²) in [5, 5.41) is 6.18. The predicted octanol–water partition coefficient (Wildman–Crippen LogP) is 2.61. The summed E-state index contributed by atoms with van der Waals surface area (Å²) in [6.07, 6.45) is 1.96. The third-order valence-electron chi connectivity index (χ3n) is 3.44. The molecule has 0 unspecified atom stereocenters. The lowest BCUT2D eigenvalue weighted by atomic mass is 10.2. The van der Waals surface area contributed by atoms with Gasteiger partial charge in [-0.25, -0.2) is 9.37 Å². The quantitative estimate of drug-likeness (QED) is 0.891. The van der Waals surface area contributed by atoms with Gasteiger partial charge in [0.2, 0.25) is 5.91 Å². The minimum atomic E-state index is -0.535. The third-order valence-corrected chi connectivity index (χ3v) is 4.70. The second-order valence-electron chi connectivity index (χ2n) is 5.36. The Morgan fingerprint density at radius 1 is 1.48 bits per heavy atom. The lowest BCUT2D eigenvalue weighted by Crippen LogP contribution is -2.39. The maximum atomic E-state index is 13.4. The van der Waals surface area contributed by atoms with E-state index in [2.05, 4.69) is 15.6 Å². The number of rotatable bonds is 3. The zero-order valence-corrected chi connectivity index (χ0v) is 13.7.